The summed E-state index contributed by atoms with van der Waals surface area (Å²) in [5.41, 5.74) is 0. The highest BCUT2D eigenvalue weighted by atomic mass is 16.6. The Morgan fingerprint density at radius 1 is 1.36 bits per heavy atom. The molecular formula is C7H13O4. The van der Waals surface area contributed by atoms with Crippen LogP contribution in [0.2, 0.25) is 0 Å². The van der Waals surface area contributed by atoms with Gasteiger partial charge in [-0.2, -0.15) is 0 Å². The zero-order valence-corrected chi connectivity index (χ0v) is 6.60. The molecule has 1 radical (unpaired) electrons. The molecule has 0 aromatic rings. The third kappa shape index (κ3) is 1.70. The first-order valence-corrected chi connectivity index (χ1v) is 3.54. The van der Waals surface area contributed by atoms with Gasteiger partial charge in [0.2, 0.25) is 0 Å². The van der Waals surface area contributed by atoms with E-state index < -0.39 is 18.3 Å². The number of aliphatic hydroxyl groups excluding tert-OH is 2. The predicted octanol–water partition coefficient (Wildman–Crippen LogP) is -0.696. The fraction of sp³-hybridized carbons (Fsp3) is 0.857. The van der Waals surface area contributed by atoms with Crippen molar-refractivity contribution in [1.29, 1.82) is 0 Å². The highest BCUT2D eigenvalue weighted by Crippen LogP contribution is 2.19. The van der Waals surface area contributed by atoms with Crippen molar-refractivity contribution < 1.29 is 19.7 Å². The summed E-state index contributed by atoms with van der Waals surface area (Å²) in [7, 11) is 1.45. The Hall–Kier alpha value is -0.160. The first-order valence-electron chi connectivity index (χ1n) is 3.54. The number of hydrogen-bond acceptors (Lipinski definition) is 4. The van der Waals surface area contributed by atoms with Crippen molar-refractivity contribution in [3.63, 3.8) is 0 Å². The quantitative estimate of drug-likeness (QED) is 0.534. The minimum absolute atomic E-state index is 0.364. The van der Waals surface area contributed by atoms with Gasteiger partial charge in [0.15, 0.2) is 0 Å². The van der Waals surface area contributed by atoms with Gasteiger partial charge in [-0.05, 0) is 6.92 Å². The Kier molecular flexibility index (Phi) is 2.84. The van der Waals surface area contributed by atoms with Crippen LogP contribution in [0.4, 0.5) is 0 Å². The molecule has 0 spiro atoms. The molecule has 1 aliphatic heterocycles. The fourth-order valence-corrected chi connectivity index (χ4v) is 1.03. The topological polar surface area (TPSA) is 58.9 Å². The molecule has 4 nitrogen and oxygen atoms in total. The molecule has 1 rings (SSSR count). The fourth-order valence-electron chi connectivity index (χ4n) is 1.03. The van der Waals surface area contributed by atoms with Crippen molar-refractivity contribution in [2.24, 2.45) is 0 Å². The predicted molar refractivity (Wildman–Crippen MR) is 37.7 cm³/mol. The van der Waals surface area contributed by atoms with Crippen LogP contribution in [0.3, 0.4) is 0 Å². The second-order valence-corrected chi connectivity index (χ2v) is 2.66. The SMILES string of the molecule is CO[C@@H]1[CH]O[C@@H](C)[C@@H](O)[C@H]1O. The molecule has 0 aliphatic carbocycles. The molecule has 0 unspecified atom stereocenters. The van der Waals surface area contributed by atoms with E-state index in [0.717, 1.165) is 0 Å². The molecule has 65 valence electrons. The molecule has 0 amide bonds. The normalized spacial score (nSPS) is 45.8. The van der Waals surface area contributed by atoms with Crippen LogP contribution in [0.25, 0.3) is 0 Å². The minimum atomic E-state index is -0.885. The average molecular weight is 161 g/mol. The maximum absolute atomic E-state index is 9.32. The first kappa shape index (κ1) is 8.93. The molecule has 0 aromatic heterocycles. The van der Waals surface area contributed by atoms with Gasteiger partial charge in [-0.25, -0.2) is 0 Å². The summed E-state index contributed by atoms with van der Waals surface area (Å²) >= 11 is 0. The first-order chi connectivity index (χ1) is 5.16. The Morgan fingerprint density at radius 2 is 2.00 bits per heavy atom. The Morgan fingerprint density at radius 3 is 2.55 bits per heavy atom. The largest absolute Gasteiger partial charge is 0.388 e. The van der Waals surface area contributed by atoms with Gasteiger partial charge in [0.05, 0.1) is 6.10 Å². The van der Waals surface area contributed by atoms with Crippen LogP contribution in [0.15, 0.2) is 0 Å². The summed E-state index contributed by atoms with van der Waals surface area (Å²) in [5, 5.41) is 18.6. The summed E-state index contributed by atoms with van der Waals surface area (Å²) in [4.78, 5) is 0. The van der Waals surface area contributed by atoms with Crippen LogP contribution in [0.5, 0.6) is 0 Å². The Balaban J connectivity index is 2.52. The molecule has 1 heterocycles. The van der Waals surface area contributed by atoms with E-state index in [0.29, 0.717) is 0 Å². The van der Waals surface area contributed by atoms with E-state index >= 15 is 0 Å². The Bertz CT molecular complexity index is 126. The van der Waals surface area contributed by atoms with Gasteiger partial charge in [0, 0.05) is 7.11 Å². The van der Waals surface area contributed by atoms with E-state index in [2.05, 4.69) is 0 Å². The highest BCUT2D eigenvalue weighted by molar-refractivity contribution is 4.90. The zero-order valence-electron chi connectivity index (χ0n) is 6.60. The van der Waals surface area contributed by atoms with Gasteiger partial charge >= 0.3 is 0 Å². The molecular weight excluding hydrogens is 148 g/mol. The molecule has 0 saturated carbocycles. The summed E-state index contributed by atoms with van der Waals surface area (Å²) in [6, 6.07) is 0. The number of methoxy groups -OCH3 is 1. The lowest BCUT2D eigenvalue weighted by Crippen LogP contribution is -2.50. The molecule has 1 aliphatic rings. The number of ether oxygens (including phenoxy) is 2. The third-order valence-corrected chi connectivity index (χ3v) is 1.87. The van der Waals surface area contributed by atoms with Crippen molar-refractivity contribution >= 4 is 0 Å². The second-order valence-electron chi connectivity index (χ2n) is 2.66. The zero-order chi connectivity index (χ0) is 8.43. The van der Waals surface area contributed by atoms with Gasteiger partial charge in [0.1, 0.15) is 24.9 Å². The number of rotatable bonds is 1. The van der Waals surface area contributed by atoms with Crippen molar-refractivity contribution in [1.82, 2.24) is 0 Å². The maximum atomic E-state index is 9.32. The van der Waals surface area contributed by atoms with Crippen LogP contribution >= 0.6 is 0 Å². The van der Waals surface area contributed by atoms with Crippen LogP contribution in [-0.4, -0.2) is 41.7 Å². The van der Waals surface area contributed by atoms with E-state index in [-0.39, 0.29) is 6.10 Å². The average Bonchev–Trinajstić information content (AvgIpc) is 2.01. The molecule has 0 bridgehead atoms. The van der Waals surface area contributed by atoms with Gasteiger partial charge in [-0.3, -0.25) is 0 Å². The van der Waals surface area contributed by atoms with Crippen LogP contribution in [-0.2, 0) is 9.47 Å². The molecule has 2 N–H and O–H groups in total. The van der Waals surface area contributed by atoms with Gasteiger partial charge in [-0.1, -0.05) is 0 Å². The smallest absolute Gasteiger partial charge is 0.116 e. The number of aliphatic hydroxyl groups is 2. The van der Waals surface area contributed by atoms with E-state index in [4.69, 9.17) is 9.47 Å². The van der Waals surface area contributed by atoms with Gasteiger partial charge in [-0.15, -0.1) is 0 Å². The lowest BCUT2D eigenvalue weighted by molar-refractivity contribution is -0.163. The van der Waals surface area contributed by atoms with Gasteiger partial charge < -0.3 is 19.7 Å². The van der Waals surface area contributed by atoms with Crippen molar-refractivity contribution in [2.45, 2.75) is 31.3 Å². The molecule has 0 aromatic carbocycles. The third-order valence-electron chi connectivity index (χ3n) is 1.87. The summed E-state index contributed by atoms with van der Waals surface area (Å²) in [6.07, 6.45) is -2.65. The molecule has 4 heteroatoms. The molecule has 4 atom stereocenters. The molecule has 11 heavy (non-hydrogen) atoms. The van der Waals surface area contributed by atoms with Crippen molar-refractivity contribution in [3.05, 3.63) is 6.61 Å². The van der Waals surface area contributed by atoms with E-state index in [1.807, 2.05) is 0 Å². The summed E-state index contributed by atoms with van der Waals surface area (Å²) in [5.74, 6) is 0. The lowest BCUT2D eigenvalue weighted by atomic mass is 10.0. The lowest BCUT2D eigenvalue weighted by Gasteiger charge is -2.34. The summed E-state index contributed by atoms with van der Waals surface area (Å²) < 4.78 is 9.84. The van der Waals surface area contributed by atoms with Gasteiger partial charge in [0.25, 0.3) is 0 Å². The van der Waals surface area contributed by atoms with Crippen LogP contribution in [0, 0.1) is 6.61 Å². The van der Waals surface area contributed by atoms with Crippen LogP contribution < -0.4 is 0 Å². The van der Waals surface area contributed by atoms with Crippen molar-refractivity contribution in [2.75, 3.05) is 7.11 Å². The minimum Gasteiger partial charge on any atom is -0.388 e. The second kappa shape index (κ2) is 3.49. The monoisotopic (exact) mass is 161 g/mol. The van der Waals surface area contributed by atoms with Crippen LogP contribution in [0.1, 0.15) is 6.92 Å². The molecule has 1 fully saturated rings. The highest BCUT2D eigenvalue weighted by Gasteiger charge is 2.36. The number of hydrogen-bond donors (Lipinski definition) is 2. The van der Waals surface area contributed by atoms with E-state index in [1.165, 1.54) is 13.7 Å². The summed E-state index contributed by atoms with van der Waals surface area (Å²) in [6.45, 7) is 3.10. The van der Waals surface area contributed by atoms with E-state index in [1.54, 1.807) is 6.92 Å². The standard InChI is InChI=1S/C7H13O4/c1-4-6(8)7(9)5(10-2)3-11-4/h3-9H,1-2H3/t4-,5+,6+,7-/m0/s1. The molecule has 1 saturated heterocycles. The maximum Gasteiger partial charge on any atom is 0.116 e. The Labute approximate surface area is 65.7 Å². The van der Waals surface area contributed by atoms with Crippen molar-refractivity contribution in [3.8, 4) is 0 Å². The van der Waals surface area contributed by atoms with E-state index in [9.17, 15) is 10.2 Å².